The van der Waals surface area contributed by atoms with Gasteiger partial charge in [0.1, 0.15) is 0 Å². The fourth-order valence-corrected chi connectivity index (χ4v) is 4.49. The molecule has 5 aromatic rings. The van der Waals surface area contributed by atoms with Crippen molar-refractivity contribution in [3.8, 4) is 0 Å². The van der Waals surface area contributed by atoms with Gasteiger partial charge in [-0.25, -0.2) is 0 Å². The first-order valence-electron chi connectivity index (χ1n) is 9.30. The number of fused-ring (bicyclic) bond motifs is 2. The summed E-state index contributed by atoms with van der Waals surface area (Å²) in [6, 6.07) is 15.8. The lowest BCUT2D eigenvalue weighted by molar-refractivity contribution is 0.614. The van der Waals surface area contributed by atoms with Gasteiger partial charge in [0, 0.05) is 0 Å². The molecule has 0 bridgehead atoms. The topological polar surface area (TPSA) is 80.9 Å². The van der Waals surface area contributed by atoms with E-state index in [0.717, 1.165) is 64.9 Å². The second-order valence-corrected chi connectivity index (χ2v) is 7.40. The van der Waals surface area contributed by atoms with Crippen LogP contribution in [0, 0.1) is 0 Å². The minimum absolute atomic E-state index is 0.0687. The molecule has 0 unspecified atom stereocenters. The molecule has 0 aliphatic rings. The molecule has 0 spiro atoms. The van der Waals surface area contributed by atoms with E-state index in [2.05, 4.69) is 0 Å². The molecule has 0 atom stereocenters. The van der Waals surface area contributed by atoms with Crippen molar-refractivity contribution in [3.63, 3.8) is 0 Å². The largest absolute Gasteiger partial charge is 0.449 e. The third-order valence-electron chi connectivity index (χ3n) is 5.65. The van der Waals surface area contributed by atoms with Crippen LogP contribution in [0.3, 0.4) is 0 Å². The molecule has 0 aliphatic carbocycles. The van der Waals surface area contributed by atoms with Crippen LogP contribution in [0.4, 0.5) is 0 Å². The fraction of sp³-hybridized carbons (Fsp3) is 0. The summed E-state index contributed by atoms with van der Waals surface area (Å²) in [5.74, 6) is 0. The highest BCUT2D eigenvalue weighted by molar-refractivity contribution is 6.52. The molecule has 5 aromatic carbocycles. The first kappa shape index (κ1) is 17.6. The Hall–Kier alpha value is -2.50. The van der Waals surface area contributed by atoms with Crippen LogP contribution >= 0.6 is 0 Å². The molecular weight excluding hydrogens is 347 g/mol. The molecule has 8 heteroatoms. The summed E-state index contributed by atoms with van der Waals surface area (Å²) in [6.45, 7) is 0. The SMILES string of the molecule is OBc1cc2cc(BO)cc3c4cc(BO)cc5cc(BO)cc(c(c1)c23)c54. The monoisotopic (exact) mass is 364 g/mol. The van der Waals surface area contributed by atoms with Crippen LogP contribution in [0.25, 0.3) is 43.1 Å². The maximum Gasteiger partial charge on any atom is 0.304 e. The summed E-state index contributed by atoms with van der Waals surface area (Å²) >= 11 is 0. The Morgan fingerprint density at radius 1 is 0.393 bits per heavy atom. The van der Waals surface area contributed by atoms with E-state index in [-0.39, 0.29) is 29.9 Å². The lowest BCUT2D eigenvalue weighted by Gasteiger charge is -2.18. The smallest absolute Gasteiger partial charge is 0.304 e. The normalized spacial score (nSPS) is 11.6. The second kappa shape index (κ2) is 6.54. The van der Waals surface area contributed by atoms with Crippen molar-refractivity contribution in [1.29, 1.82) is 0 Å². The number of rotatable bonds is 4. The highest BCUT2D eigenvalue weighted by Crippen LogP contribution is 2.38. The highest BCUT2D eigenvalue weighted by Gasteiger charge is 2.17. The van der Waals surface area contributed by atoms with Gasteiger partial charge in [-0.15, -0.1) is 0 Å². The van der Waals surface area contributed by atoms with Gasteiger partial charge in [0.05, 0.1) is 0 Å². The second-order valence-electron chi connectivity index (χ2n) is 7.40. The van der Waals surface area contributed by atoms with Gasteiger partial charge in [-0.05, 0) is 43.1 Å². The number of hydrogen-bond acceptors (Lipinski definition) is 4. The molecule has 0 amide bonds. The van der Waals surface area contributed by atoms with Crippen molar-refractivity contribution >= 4 is 94.9 Å². The van der Waals surface area contributed by atoms with Crippen molar-refractivity contribution in [2.45, 2.75) is 0 Å². The van der Waals surface area contributed by atoms with Crippen LogP contribution in [-0.2, 0) is 0 Å². The van der Waals surface area contributed by atoms with Crippen molar-refractivity contribution in [2.24, 2.45) is 0 Å². The zero-order valence-electron chi connectivity index (χ0n) is 15.2. The molecule has 0 fully saturated rings. The average Bonchev–Trinajstić information content (AvgIpc) is 2.75. The van der Waals surface area contributed by atoms with Crippen molar-refractivity contribution < 1.29 is 20.1 Å². The Labute approximate surface area is 163 Å². The third kappa shape index (κ3) is 2.46. The molecule has 0 radical (unpaired) electrons. The Kier molecular flexibility index (Phi) is 4.11. The zero-order chi connectivity index (χ0) is 19.4. The average molecular weight is 364 g/mol. The van der Waals surface area contributed by atoms with Gasteiger partial charge in [-0.3, -0.25) is 0 Å². The van der Waals surface area contributed by atoms with Gasteiger partial charge < -0.3 is 20.1 Å². The van der Waals surface area contributed by atoms with Crippen molar-refractivity contribution in [3.05, 3.63) is 48.5 Å². The van der Waals surface area contributed by atoms with Gasteiger partial charge in [-0.1, -0.05) is 70.4 Å². The lowest BCUT2D eigenvalue weighted by Crippen LogP contribution is -2.18. The Morgan fingerprint density at radius 3 is 0.857 bits per heavy atom. The number of hydrogen-bond donors (Lipinski definition) is 4. The highest BCUT2D eigenvalue weighted by atomic mass is 16.2. The molecule has 0 saturated heterocycles. The van der Waals surface area contributed by atoms with E-state index in [0.29, 0.717) is 0 Å². The maximum absolute atomic E-state index is 9.77. The molecule has 28 heavy (non-hydrogen) atoms. The minimum Gasteiger partial charge on any atom is -0.449 e. The third-order valence-corrected chi connectivity index (χ3v) is 5.65. The van der Waals surface area contributed by atoms with E-state index >= 15 is 0 Å². The molecular formula is C20H16B4O4. The summed E-state index contributed by atoms with van der Waals surface area (Å²) in [5, 5.41) is 47.2. The summed E-state index contributed by atoms with van der Waals surface area (Å²) < 4.78 is 0. The van der Waals surface area contributed by atoms with Crippen LogP contribution < -0.4 is 21.9 Å². The Bertz CT molecular complexity index is 1170. The van der Waals surface area contributed by atoms with Gasteiger partial charge in [0.25, 0.3) is 0 Å². The fourth-order valence-electron chi connectivity index (χ4n) is 4.49. The van der Waals surface area contributed by atoms with E-state index < -0.39 is 0 Å². The van der Waals surface area contributed by atoms with E-state index in [1.165, 1.54) is 0 Å². The van der Waals surface area contributed by atoms with E-state index in [9.17, 15) is 20.1 Å². The quantitative estimate of drug-likeness (QED) is 0.163. The van der Waals surface area contributed by atoms with Crippen LogP contribution in [-0.4, -0.2) is 50.0 Å². The predicted molar refractivity (Wildman–Crippen MR) is 124 cm³/mol. The molecule has 0 heterocycles. The predicted octanol–water partition coefficient (Wildman–Crippen LogP) is -2.39. The molecule has 0 saturated carbocycles. The minimum atomic E-state index is -0.0687. The molecule has 4 nitrogen and oxygen atoms in total. The van der Waals surface area contributed by atoms with E-state index in [1.54, 1.807) is 0 Å². The summed E-state index contributed by atoms with van der Waals surface area (Å²) in [7, 11) is -0.275. The molecule has 0 aliphatic heterocycles. The number of benzene rings is 5. The van der Waals surface area contributed by atoms with Crippen LogP contribution in [0.1, 0.15) is 0 Å². The molecule has 132 valence electrons. The molecule has 5 rings (SSSR count). The van der Waals surface area contributed by atoms with Gasteiger partial charge in [-0.2, -0.15) is 0 Å². The summed E-state index contributed by atoms with van der Waals surface area (Å²) in [5.41, 5.74) is 3.23. The van der Waals surface area contributed by atoms with Crippen molar-refractivity contribution in [2.75, 3.05) is 0 Å². The zero-order valence-corrected chi connectivity index (χ0v) is 15.2. The van der Waals surface area contributed by atoms with Gasteiger partial charge >= 0.3 is 29.9 Å². The first-order chi connectivity index (χ1) is 13.7. The van der Waals surface area contributed by atoms with Crippen LogP contribution in [0.5, 0.6) is 0 Å². The lowest BCUT2D eigenvalue weighted by atomic mass is 9.76. The standard InChI is InChI=1S/C20H16B4O4/c25-21-11-1-9-2-12(22-26)6-16-18-8-14(24-28)4-10-3-13(23-27)7-17(20(10)18)15(5-11)19(9)16/h1-8,21-28H. The van der Waals surface area contributed by atoms with Gasteiger partial charge in [0.2, 0.25) is 0 Å². The maximum atomic E-state index is 9.77. The Morgan fingerprint density at radius 2 is 0.643 bits per heavy atom. The van der Waals surface area contributed by atoms with E-state index in [4.69, 9.17) is 0 Å². The first-order valence-corrected chi connectivity index (χ1v) is 9.30. The summed E-state index contributed by atoms with van der Waals surface area (Å²) in [6.07, 6.45) is 0. The van der Waals surface area contributed by atoms with Crippen LogP contribution in [0.15, 0.2) is 48.5 Å². The van der Waals surface area contributed by atoms with Crippen molar-refractivity contribution in [1.82, 2.24) is 0 Å². The molecule has 0 aromatic heterocycles. The van der Waals surface area contributed by atoms with Crippen LogP contribution in [0.2, 0.25) is 0 Å². The summed E-state index contributed by atoms with van der Waals surface area (Å²) in [4.78, 5) is 0. The van der Waals surface area contributed by atoms with E-state index in [1.807, 2.05) is 48.5 Å². The van der Waals surface area contributed by atoms with Gasteiger partial charge in [0.15, 0.2) is 0 Å². The Balaban J connectivity index is 2.14. The molecule has 4 N–H and O–H groups in total.